The molecule has 4 heteroatoms. The Labute approximate surface area is 62.1 Å². The fraction of sp³-hybridized carbons (Fsp3) is 0.800. The van der Waals surface area contributed by atoms with Gasteiger partial charge in [0, 0.05) is 0 Å². The Hall–Kier alpha value is -0.280. The van der Waals surface area contributed by atoms with Crippen LogP contribution >= 0.6 is 12.4 Å². The van der Waals surface area contributed by atoms with Crippen LogP contribution in [0.5, 0.6) is 0 Å². The molecular formula is C5H13ClNO2+. The van der Waals surface area contributed by atoms with Gasteiger partial charge in [0.2, 0.25) is 0 Å². The summed E-state index contributed by atoms with van der Waals surface area (Å²) in [4.78, 5) is 10.0. The predicted octanol–water partition coefficient (Wildman–Crippen LogP) is 0.589. The van der Waals surface area contributed by atoms with Crippen molar-refractivity contribution in [3.05, 3.63) is 0 Å². The van der Waals surface area contributed by atoms with Crippen LogP contribution in [-0.2, 0) is 4.79 Å². The van der Waals surface area contributed by atoms with E-state index in [1.54, 1.807) is 13.8 Å². The van der Waals surface area contributed by atoms with Crippen molar-refractivity contribution < 1.29 is 11.3 Å². The zero-order valence-electron chi connectivity index (χ0n) is 6.50. The molecule has 0 rings (SSSR count). The summed E-state index contributed by atoms with van der Waals surface area (Å²) in [5.41, 5.74) is 5.16. The van der Waals surface area contributed by atoms with E-state index >= 15 is 0 Å². The molecule has 9 heavy (non-hydrogen) atoms. The molecule has 0 aromatic carbocycles. The van der Waals surface area contributed by atoms with Crippen molar-refractivity contribution in [1.82, 2.24) is 0 Å². The van der Waals surface area contributed by atoms with E-state index in [4.69, 9.17) is 10.8 Å². The zero-order chi connectivity index (χ0) is 6.73. The van der Waals surface area contributed by atoms with Crippen LogP contribution in [0.1, 0.15) is 15.3 Å². The number of nitrogens with two attached hydrogens (primary N) is 1. The fourth-order valence-electron chi connectivity index (χ4n) is 0.285. The van der Waals surface area contributed by atoms with Crippen LogP contribution in [-0.4, -0.2) is 17.1 Å². The minimum atomic E-state index is -0.931. The number of rotatable bonds is 2. The standard InChI is InChI=1S/C5H11NO2.ClH/c1-3(2)4(6)5(7)8;/h3-4H,6H2,1-2H3,(H,7,8);1H/p+1. The summed E-state index contributed by atoms with van der Waals surface area (Å²) in [6.45, 7) is 3.55. The number of carbonyl (C=O) groups is 1. The van der Waals surface area contributed by atoms with E-state index in [1.807, 2.05) is 0 Å². The second kappa shape index (κ2) is 4.58. The third-order valence-corrected chi connectivity index (χ3v) is 1.00. The van der Waals surface area contributed by atoms with Gasteiger partial charge in [-0.2, -0.15) is 0 Å². The summed E-state index contributed by atoms with van der Waals surface area (Å²) in [5.74, 6) is -0.910. The SMILES string of the molecule is CC(C)C(N)C(=O)O.Cl.[H+]. The summed E-state index contributed by atoms with van der Waals surface area (Å²) in [6.07, 6.45) is 0. The molecule has 0 heterocycles. The van der Waals surface area contributed by atoms with E-state index in [9.17, 15) is 4.79 Å². The number of carboxylic acid groups (broad SMARTS) is 1. The summed E-state index contributed by atoms with van der Waals surface area (Å²) in [5, 5.41) is 8.23. The molecule has 0 aromatic rings. The van der Waals surface area contributed by atoms with Gasteiger partial charge in [0.1, 0.15) is 6.04 Å². The molecule has 0 saturated carbocycles. The molecule has 0 radical (unpaired) electrons. The summed E-state index contributed by atoms with van der Waals surface area (Å²) in [6, 6.07) is -0.713. The van der Waals surface area contributed by atoms with E-state index in [1.165, 1.54) is 0 Å². The Morgan fingerprint density at radius 3 is 2.00 bits per heavy atom. The summed E-state index contributed by atoms with van der Waals surface area (Å²) in [7, 11) is 0. The molecule has 0 saturated heterocycles. The van der Waals surface area contributed by atoms with Gasteiger partial charge in [-0.25, -0.2) is 0 Å². The Morgan fingerprint density at radius 2 is 2.00 bits per heavy atom. The molecule has 0 aliphatic rings. The molecule has 0 fully saturated rings. The maximum absolute atomic E-state index is 10.0. The minimum Gasteiger partial charge on any atom is -0.480 e. The first-order chi connectivity index (χ1) is 3.55. The smallest absolute Gasteiger partial charge is 0.480 e. The third kappa shape index (κ3) is 4.24. The second-order valence-corrected chi connectivity index (χ2v) is 2.11. The molecule has 3 nitrogen and oxygen atoms in total. The van der Waals surface area contributed by atoms with Gasteiger partial charge >= 0.3 is 7.40 Å². The van der Waals surface area contributed by atoms with Crippen molar-refractivity contribution in [2.75, 3.05) is 0 Å². The Bertz CT molecular complexity index is 99.6. The lowest BCUT2D eigenvalue weighted by Crippen LogP contribution is -2.34. The van der Waals surface area contributed by atoms with E-state index in [2.05, 4.69) is 0 Å². The largest absolute Gasteiger partial charge is 1.00 e. The van der Waals surface area contributed by atoms with E-state index in [-0.39, 0.29) is 19.8 Å². The molecule has 56 valence electrons. The number of halogens is 1. The van der Waals surface area contributed by atoms with Crippen LogP contribution in [0.3, 0.4) is 0 Å². The highest BCUT2D eigenvalue weighted by molar-refractivity contribution is 5.85. The first kappa shape index (κ1) is 11.5. The second-order valence-electron chi connectivity index (χ2n) is 2.11. The predicted molar refractivity (Wildman–Crippen MR) is 38.8 cm³/mol. The highest BCUT2D eigenvalue weighted by Crippen LogP contribution is 1.96. The number of aliphatic carboxylic acids is 1. The molecule has 0 aromatic heterocycles. The van der Waals surface area contributed by atoms with Crippen molar-refractivity contribution >= 4 is 18.4 Å². The van der Waals surface area contributed by atoms with Crippen LogP contribution in [0.2, 0.25) is 0 Å². The van der Waals surface area contributed by atoms with Crippen molar-refractivity contribution in [1.29, 1.82) is 0 Å². The topological polar surface area (TPSA) is 63.3 Å². The van der Waals surface area contributed by atoms with Gasteiger partial charge in [0.15, 0.2) is 0 Å². The monoisotopic (exact) mass is 154 g/mol. The van der Waals surface area contributed by atoms with Crippen LogP contribution < -0.4 is 5.73 Å². The number of hydrogen-bond donors (Lipinski definition) is 2. The molecule has 0 spiro atoms. The van der Waals surface area contributed by atoms with Gasteiger partial charge < -0.3 is 10.8 Å². The third-order valence-electron chi connectivity index (χ3n) is 1.00. The van der Waals surface area contributed by atoms with E-state index < -0.39 is 12.0 Å². The maximum atomic E-state index is 10.0. The molecule has 3 N–H and O–H groups in total. The molecule has 1 atom stereocenters. The fourth-order valence-corrected chi connectivity index (χ4v) is 0.285. The average molecular weight is 155 g/mol. The van der Waals surface area contributed by atoms with E-state index in [0.29, 0.717) is 0 Å². The van der Waals surface area contributed by atoms with Crippen LogP contribution in [0.4, 0.5) is 0 Å². The Kier molecular flexibility index (Phi) is 5.86. The van der Waals surface area contributed by atoms with Gasteiger partial charge in [0.25, 0.3) is 0 Å². The first-order valence-corrected chi connectivity index (χ1v) is 2.54. The Morgan fingerprint density at radius 1 is 1.67 bits per heavy atom. The maximum Gasteiger partial charge on any atom is 1.00 e. The lowest BCUT2D eigenvalue weighted by atomic mass is 10.1. The van der Waals surface area contributed by atoms with Crippen LogP contribution in [0.25, 0.3) is 0 Å². The molecule has 1 unspecified atom stereocenters. The molecule has 0 aliphatic heterocycles. The van der Waals surface area contributed by atoms with Crippen molar-refractivity contribution in [3.8, 4) is 0 Å². The molecule has 0 amide bonds. The first-order valence-electron chi connectivity index (χ1n) is 2.54. The lowest BCUT2D eigenvalue weighted by Gasteiger charge is -2.07. The normalized spacial score (nSPS) is 12.4. The number of carboxylic acids is 1. The highest BCUT2D eigenvalue weighted by Gasteiger charge is 2.14. The van der Waals surface area contributed by atoms with Gasteiger partial charge in [-0.3, -0.25) is 4.79 Å². The zero-order valence-corrected chi connectivity index (χ0v) is 6.31. The van der Waals surface area contributed by atoms with Gasteiger partial charge in [-0.15, -0.1) is 12.4 Å². The van der Waals surface area contributed by atoms with Crippen molar-refractivity contribution in [3.63, 3.8) is 0 Å². The van der Waals surface area contributed by atoms with Crippen molar-refractivity contribution in [2.24, 2.45) is 11.7 Å². The van der Waals surface area contributed by atoms with Crippen LogP contribution in [0.15, 0.2) is 0 Å². The Balaban J connectivity index is -0.000000245. The van der Waals surface area contributed by atoms with Crippen LogP contribution in [0, 0.1) is 5.92 Å². The average Bonchev–Trinajstić information content (AvgIpc) is 1.64. The van der Waals surface area contributed by atoms with Gasteiger partial charge in [-0.1, -0.05) is 13.8 Å². The highest BCUT2D eigenvalue weighted by atomic mass is 35.5. The lowest BCUT2D eigenvalue weighted by molar-refractivity contribution is -0.139. The van der Waals surface area contributed by atoms with Gasteiger partial charge in [-0.05, 0) is 5.92 Å². The molecule has 0 bridgehead atoms. The molecular weight excluding hydrogens is 142 g/mol. The summed E-state index contributed by atoms with van der Waals surface area (Å²) < 4.78 is 0. The molecule has 0 aliphatic carbocycles. The quantitative estimate of drug-likeness (QED) is 0.612. The minimum absolute atomic E-state index is 0. The number of hydrogen-bond acceptors (Lipinski definition) is 2. The summed E-state index contributed by atoms with van der Waals surface area (Å²) >= 11 is 0. The van der Waals surface area contributed by atoms with Gasteiger partial charge in [0.05, 0.1) is 0 Å². The van der Waals surface area contributed by atoms with E-state index in [0.717, 1.165) is 0 Å². The van der Waals surface area contributed by atoms with Crippen molar-refractivity contribution in [2.45, 2.75) is 19.9 Å².